The van der Waals surface area contributed by atoms with Crippen molar-refractivity contribution >= 4 is 15.8 Å². The zero-order valence-corrected chi connectivity index (χ0v) is 10.9. The number of ether oxygens (including phenoxy) is 1. The van der Waals surface area contributed by atoms with Crippen molar-refractivity contribution in [2.24, 2.45) is 11.3 Å². The molecule has 0 aliphatic carbocycles. The fraction of sp³-hybridized carbons (Fsp3) is 0.909. The van der Waals surface area contributed by atoms with Crippen LogP contribution in [0.1, 0.15) is 19.8 Å². The van der Waals surface area contributed by atoms with Gasteiger partial charge in [0.1, 0.15) is 0 Å². The molecule has 1 unspecified atom stereocenters. The van der Waals surface area contributed by atoms with Gasteiger partial charge >= 0.3 is 5.97 Å². The lowest BCUT2D eigenvalue weighted by molar-refractivity contribution is -0.151. The molecular formula is C11H19NO4S. The molecule has 1 N–H and O–H groups in total. The van der Waals surface area contributed by atoms with Gasteiger partial charge in [0.15, 0.2) is 9.84 Å². The van der Waals surface area contributed by atoms with Gasteiger partial charge in [-0.3, -0.25) is 4.79 Å². The monoisotopic (exact) mass is 261 g/mol. The number of sulfone groups is 1. The van der Waals surface area contributed by atoms with Gasteiger partial charge in [-0.2, -0.15) is 0 Å². The molecular weight excluding hydrogens is 242 g/mol. The summed E-state index contributed by atoms with van der Waals surface area (Å²) in [6, 6.07) is 0. The van der Waals surface area contributed by atoms with E-state index in [-0.39, 0.29) is 22.9 Å². The average molecular weight is 261 g/mol. The van der Waals surface area contributed by atoms with Crippen molar-refractivity contribution in [1.29, 1.82) is 0 Å². The first-order chi connectivity index (χ1) is 7.99. The van der Waals surface area contributed by atoms with Crippen LogP contribution in [0.15, 0.2) is 0 Å². The first-order valence-corrected chi connectivity index (χ1v) is 7.89. The van der Waals surface area contributed by atoms with Crippen LogP contribution in [0.3, 0.4) is 0 Å². The van der Waals surface area contributed by atoms with E-state index < -0.39 is 15.8 Å². The molecule has 5 nitrogen and oxygen atoms in total. The number of carbonyl (C=O) groups excluding carboxylic acids is 1. The molecule has 2 rings (SSSR count). The fourth-order valence-corrected chi connectivity index (χ4v) is 5.49. The van der Waals surface area contributed by atoms with Crippen molar-refractivity contribution in [3.8, 4) is 0 Å². The van der Waals surface area contributed by atoms with E-state index in [1.54, 1.807) is 6.92 Å². The summed E-state index contributed by atoms with van der Waals surface area (Å²) in [5.41, 5.74) is -0.379. The van der Waals surface area contributed by atoms with Crippen LogP contribution in [0, 0.1) is 11.3 Å². The predicted molar refractivity (Wildman–Crippen MR) is 63.3 cm³/mol. The first kappa shape index (κ1) is 12.8. The van der Waals surface area contributed by atoms with Crippen molar-refractivity contribution in [2.45, 2.75) is 19.8 Å². The SMILES string of the molecule is CCOC(=O)C1CS(=O)(=O)CC12CCNCC2. The Morgan fingerprint density at radius 2 is 2.06 bits per heavy atom. The zero-order valence-electron chi connectivity index (χ0n) is 10.1. The third-order valence-corrected chi connectivity index (χ3v) is 5.69. The molecule has 2 aliphatic rings. The largest absolute Gasteiger partial charge is 0.466 e. The van der Waals surface area contributed by atoms with Crippen molar-refractivity contribution in [3.05, 3.63) is 0 Å². The molecule has 17 heavy (non-hydrogen) atoms. The summed E-state index contributed by atoms with van der Waals surface area (Å²) < 4.78 is 28.6. The second kappa shape index (κ2) is 4.57. The van der Waals surface area contributed by atoms with Crippen LogP contribution in [0.5, 0.6) is 0 Å². The highest BCUT2D eigenvalue weighted by atomic mass is 32.2. The number of hydrogen-bond acceptors (Lipinski definition) is 5. The van der Waals surface area contributed by atoms with Gasteiger partial charge in [-0.05, 0) is 32.9 Å². The maximum absolute atomic E-state index is 11.9. The Labute approximate surface area is 102 Å². The van der Waals surface area contributed by atoms with E-state index in [4.69, 9.17) is 4.74 Å². The Morgan fingerprint density at radius 3 is 2.65 bits per heavy atom. The summed E-state index contributed by atoms with van der Waals surface area (Å²) in [7, 11) is -3.10. The highest BCUT2D eigenvalue weighted by Gasteiger charge is 2.54. The lowest BCUT2D eigenvalue weighted by Crippen LogP contribution is -2.44. The Bertz CT molecular complexity index is 398. The molecule has 0 aromatic carbocycles. The molecule has 6 heteroatoms. The first-order valence-electron chi connectivity index (χ1n) is 6.07. The minimum absolute atomic E-state index is 0.0359. The van der Waals surface area contributed by atoms with E-state index in [1.165, 1.54) is 0 Å². The second-order valence-corrected chi connectivity index (χ2v) is 7.08. The normalized spacial score (nSPS) is 30.3. The Balaban J connectivity index is 2.24. The summed E-state index contributed by atoms with van der Waals surface area (Å²) >= 11 is 0. The lowest BCUT2D eigenvalue weighted by Gasteiger charge is -2.36. The number of nitrogens with one attached hydrogen (secondary N) is 1. The van der Waals surface area contributed by atoms with Gasteiger partial charge in [0.25, 0.3) is 0 Å². The minimum Gasteiger partial charge on any atom is -0.466 e. The van der Waals surface area contributed by atoms with E-state index in [0.29, 0.717) is 6.61 Å². The maximum atomic E-state index is 11.9. The van der Waals surface area contributed by atoms with E-state index in [2.05, 4.69) is 5.32 Å². The predicted octanol–water partition coefficient (Wildman–Crippen LogP) is -0.0361. The van der Waals surface area contributed by atoms with Gasteiger partial charge in [-0.15, -0.1) is 0 Å². The van der Waals surface area contributed by atoms with Crippen molar-refractivity contribution in [3.63, 3.8) is 0 Å². The Hall–Kier alpha value is -0.620. The zero-order chi connectivity index (χ0) is 12.5. The van der Waals surface area contributed by atoms with E-state index in [1.807, 2.05) is 0 Å². The molecule has 2 heterocycles. The Morgan fingerprint density at radius 1 is 1.41 bits per heavy atom. The number of carbonyl (C=O) groups is 1. The van der Waals surface area contributed by atoms with Crippen LogP contribution in [0.25, 0.3) is 0 Å². The third-order valence-electron chi connectivity index (χ3n) is 3.84. The molecule has 1 spiro atoms. The molecule has 0 amide bonds. The van der Waals surface area contributed by atoms with Crippen molar-refractivity contribution in [2.75, 3.05) is 31.2 Å². The van der Waals surface area contributed by atoms with E-state index in [0.717, 1.165) is 25.9 Å². The van der Waals surface area contributed by atoms with E-state index >= 15 is 0 Å². The molecule has 0 aromatic rings. The van der Waals surface area contributed by atoms with Crippen LogP contribution in [0.4, 0.5) is 0 Å². The van der Waals surface area contributed by atoms with Crippen LogP contribution in [0.2, 0.25) is 0 Å². The smallest absolute Gasteiger partial charge is 0.310 e. The molecule has 0 aromatic heterocycles. The van der Waals surface area contributed by atoms with Gasteiger partial charge in [0.05, 0.1) is 24.0 Å². The molecule has 0 bridgehead atoms. The van der Waals surface area contributed by atoms with Gasteiger partial charge in [-0.1, -0.05) is 0 Å². The van der Waals surface area contributed by atoms with Gasteiger partial charge in [-0.25, -0.2) is 8.42 Å². The second-order valence-electron chi connectivity index (χ2n) is 4.97. The van der Waals surface area contributed by atoms with Crippen LogP contribution in [-0.2, 0) is 19.4 Å². The van der Waals surface area contributed by atoms with Gasteiger partial charge in [0, 0.05) is 5.41 Å². The van der Waals surface area contributed by atoms with Crippen LogP contribution >= 0.6 is 0 Å². The Kier molecular flexibility index (Phi) is 3.45. The molecule has 2 fully saturated rings. The summed E-state index contributed by atoms with van der Waals surface area (Å²) in [4.78, 5) is 11.9. The van der Waals surface area contributed by atoms with Gasteiger partial charge in [0.2, 0.25) is 0 Å². The van der Waals surface area contributed by atoms with Crippen molar-refractivity contribution in [1.82, 2.24) is 5.32 Å². The maximum Gasteiger partial charge on any atom is 0.310 e. The number of hydrogen-bond donors (Lipinski definition) is 1. The molecule has 2 aliphatic heterocycles. The molecule has 0 radical (unpaired) electrons. The molecule has 98 valence electrons. The van der Waals surface area contributed by atoms with E-state index in [9.17, 15) is 13.2 Å². The minimum atomic E-state index is -3.10. The van der Waals surface area contributed by atoms with Crippen molar-refractivity contribution < 1.29 is 17.9 Å². The standard InChI is InChI=1S/C11H19NO4S/c1-2-16-10(13)9-7-17(14,15)8-11(9)3-5-12-6-4-11/h9,12H,2-8H2,1H3. The number of rotatable bonds is 2. The third kappa shape index (κ3) is 2.47. The van der Waals surface area contributed by atoms with Crippen LogP contribution < -0.4 is 5.32 Å². The summed E-state index contributed by atoms with van der Waals surface area (Å²) in [5, 5.41) is 3.21. The average Bonchev–Trinajstić information content (AvgIpc) is 2.51. The summed E-state index contributed by atoms with van der Waals surface area (Å²) in [5.74, 6) is -0.693. The fourth-order valence-electron chi connectivity index (χ4n) is 3.01. The number of esters is 1. The summed E-state index contributed by atoms with van der Waals surface area (Å²) in [6.45, 7) is 3.62. The highest BCUT2D eigenvalue weighted by molar-refractivity contribution is 7.91. The van der Waals surface area contributed by atoms with Gasteiger partial charge < -0.3 is 10.1 Å². The lowest BCUT2D eigenvalue weighted by atomic mass is 9.71. The molecule has 2 saturated heterocycles. The topological polar surface area (TPSA) is 72.5 Å². The summed E-state index contributed by atoms with van der Waals surface area (Å²) in [6.07, 6.45) is 1.49. The molecule has 0 saturated carbocycles. The number of piperidine rings is 1. The quantitative estimate of drug-likeness (QED) is 0.706. The molecule has 1 atom stereocenters. The van der Waals surface area contributed by atoms with Crippen LogP contribution in [-0.4, -0.2) is 45.6 Å². The highest BCUT2D eigenvalue weighted by Crippen LogP contribution is 2.45.